The molecule has 2 aliphatic heterocycles. The van der Waals surface area contributed by atoms with E-state index in [0.717, 1.165) is 22.4 Å². The van der Waals surface area contributed by atoms with Gasteiger partial charge in [0.15, 0.2) is 0 Å². The zero-order valence-electron chi connectivity index (χ0n) is 13.3. The second-order valence-corrected chi connectivity index (χ2v) is 7.05. The van der Waals surface area contributed by atoms with E-state index in [1.807, 2.05) is 11.1 Å². The van der Waals surface area contributed by atoms with Gasteiger partial charge in [-0.05, 0) is 52.2 Å². The molecule has 1 N–H and O–H groups in total. The molecule has 1 amide bonds. The molecule has 0 spiro atoms. The van der Waals surface area contributed by atoms with Crippen LogP contribution in [0.15, 0.2) is 40.8 Å². The zero-order chi connectivity index (χ0) is 18.9. The fourth-order valence-corrected chi connectivity index (χ4v) is 3.32. The number of fused-ring (bicyclic) bond motifs is 1. The van der Waals surface area contributed by atoms with Gasteiger partial charge in [-0.1, -0.05) is 11.6 Å². The third-order valence-corrected chi connectivity index (χ3v) is 4.40. The van der Waals surface area contributed by atoms with Crippen LogP contribution in [-0.2, 0) is 17.5 Å². The van der Waals surface area contributed by atoms with Gasteiger partial charge < -0.3 is 4.74 Å². The maximum Gasteiger partial charge on any atom is 0.416 e. The highest BCUT2D eigenvalue weighted by atomic mass is 79.9. The van der Waals surface area contributed by atoms with E-state index in [0.29, 0.717) is 19.5 Å². The van der Waals surface area contributed by atoms with Crippen LogP contribution in [0.25, 0.3) is 0 Å². The minimum atomic E-state index is -4.52. The molecule has 3 rings (SSSR count). The fourth-order valence-electron chi connectivity index (χ4n) is 2.62. The molecule has 0 bridgehead atoms. The molecule has 2 aliphatic rings. The molecule has 1 aromatic carbocycles. The summed E-state index contributed by atoms with van der Waals surface area (Å²) in [7, 11) is 0. The van der Waals surface area contributed by atoms with Gasteiger partial charge in [0.1, 0.15) is 6.61 Å². The molecule has 0 atom stereocenters. The number of hydrazine groups is 1. The number of carbonyl (C=O) groups excluding carboxylic acids is 1. The van der Waals surface area contributed by atoms with Gasteiger partial charge in [-0.25, -0.2) is 4.79 Å². The summed E-state index contributed by atoms with van der Waals surface area (Å²) in [5.41, 5.74) is 3.16. The normalized spacial score (nSPS) is 17.1. The van der Waals surface area contributed by atoms with Crippen LogP contribution in [-0.4, -0.2) is 29.1 Å². The van der Waals surface area contributed by atoms with Crippen LogP contribution in [0.5, 0.6) is 0 Å². The molecule has 140 valence electrons. The van der Waals surface area contributed by atoms with Crippen molar-refractivity contribution in [1.82, 2.24) is 15.3 Å². The summed E-state index contributed by atoms with van der Waals surface area (Å²) in [4.78, 5) is 13.7. The zero-order valence-corrected chi connectivity index (χ0v) is 15.7. The maximum atomic E-state index is 12.8. The molecule has 0 fully saturated rings. The first-order valence-electron chi connectivity index (χ1n) is 7.65. The lowest BCUT2D eigenvalue weighted by Crippen LogP contribution is -2.30. The van der Waals surface area contributed by atoms with Crippen molar-refractivity contribution >= 4 is 33.6 Å². The monoisotopic (exact) mass is 451 g/mol. The van der Waals surface area contributed by atoms with Gasteiger partial charge >= 0.3 is 12.3 Å². The maximum absolute atomic E-state index is 12.8. The number of nitrogens with one attached hydrogen (secondary N) is 1. The SMILES string of the molecule is O=C(OCc1cc(Cl)cc(C(F)(F)F)c1)N1C=C2C=C(Br)NN2CCC1. The third kappa shape index (κ3) is 4.45. The summed E-state index contributed by atoms with van der Waals surface area (Å²) in [6, 6.07) is 3.09. The average Bonchev–Trinajstić information content (AvgIpc) is 2.78. The first-order chi connectivity index (χ1) is 12.2. The van der Waals surface area contributed by atoms with Crippen LogP contribution < -0.4 is 5.43 Å². The first-order valence-corrected chi connectivity index (χ1v) is 8.83. The van der Waals surface area contributed by atoms with Gasteiger partial charge in [-0.15, -0.1) is 0 Å². The summed E-state index contributed by atoms with van der Waals surface area (Å²) in [6.45, 7) is 0.837. The Morgan fingerprint density at radius 3 is 2.81 bits per heavy atom. The summed E-state index contributed by atoms with van der Waals surface area (Å²) in [5.74, 6) is 0. The highest BCUT2D eigenvalue weighted by Crippen LogP contribution is 2.32. The van der Waals surface area contributed by atoms with E-state index in [2.05, 4.69) is 21.4 Å². The standard InChI is InChI=1S/C16H14BrClF3N3O2/c17-14-7-13-8-23(2-1-3-24(13)22-14)15(25)26-9-10-4-11(16(19,20)21)6-12(18)5-10/h4-8,22H,1-3,9H2. The molecule has 0 aromatic heterocycles. The molecule has 26 heavy (non-hydrogen) atoms. The predicted molar refractivity (Wildman–Crippen MR) is 92.9 cm³/mol. The molecule has 2 heterocycles. The minimum Gasteiger partial charge on any atom is -0.444 e. The van der Waals surface area contributed by atoms with E-state index in [-0.39, 0.29) is 17.2 Å². The molecular weight excluding hydrogens is 439 g/mol. The highest BCUT2D eigenvalue weighted by molar-refractivity contribution is 9.11. The number of halogens is 5. The fraction of sp³-hybridized carbons (Fsp3) is 0.312. The Hall–Kier alpha value is -1.87. The van der Waals surface area contributed by atoms with Gasteiger partial charge in [0.05, 0.1) is 15.9 Å². The van der Waals surface area contributed by atoms with Crippen molar-refractivity contribution in [3.8, 4) is 0 Å². The van der Waals surface area contributed by atoms with Crippen molar-refractivity contribution in [1.29, 1.82) is 0 Å². The number of allylic oxidation sites excluding steroid dienone is 1. The molecule has 0 radical (unpaired) electrons. The number of alkyl halides is 3. The Labute approximate surface area is 161 Å². The van der Waals surface area contributed by atoms with Gasteiger partial charge in [0.2, 0.25) is 0 Å². The summed E-state index contributed by atoms with van der Waals surface area (Å²) < 4.78 is 44.5. The largest absolute Gasteiger partial charge is 0.444 e. The summed E-state index contributed by atoms with van der Waals surface area (Å²) in [5, 5.41) is 1.81. The summed E-state index contributed by atoms with van der Waals surface area (Å²) >= 11 is 9.06. The Morgan fingerprint density at radius 2 is 2.08 bits per heavy atom. The van der Waals surface area contributed by atoms with Crippen molar-refractivity contribution in [3.05, 3.63) is 56.9 Å². The Morgan fingerprint density at radius 1 is 1.31 bits per heavy atom. The van der Waals surface area contributed by atoms with Crippen LogP contribution in [0.4, 0.5) is 18.0 Å². The van der Waals surface area contributed by atoms with Crippen LogP contribution in [0.3, 0.4) is 0 Å². The molecule has 5 nitrogen and oxygen atoms in total. The van der Waals surface area contributed by atoms with Gasteiger partial charge in [-0.2, -0.15) is 13.2 Å². The molecule has 0 saturated heterocycles. The number of carbonyl (C=O) groups is 1. The Bertz CT molecular complexity index is 782. The van der Waals surface area contributed by atoms with Crippen molar-refractivity contribution in [2.24, 2.45) is 0 Å². The van der Waals surface area contributed by atoms with E-state index < -0.39 is 17.8 Å². The minimum absolute atomic E-state index is 0.0644. The third-order valence-electron chi connectivity index (χ3n) is 3.78. The highest BCUT2D eigenvalue weighted by Gasteiger charge is 2.31. The van der Waals surface area contributed by atoms with E-state index in [4.69, 9.17) is 16.3 Å². The van der Waals surface area contributed by atoms with Crippen molar-refractivity contribution in [3.63, 3.8) is 0 Å². The number of rotatable bonds is 2. The molecule has 0 aliphatic carbocycles. The predicted octanol–water partition coefficient (Wildman–Crippen LogP) is 4.60. The lowest BCUT2D eigenvalue weighted by molar-refractivity contribution is -0.137. The Balaban J connectivity index is 1.68. The molecule has 0 unspecified atom stereocenters. The Kier molecular flexibility index (Phi) is 5.38. The van der Waals surface area contributed by atoms with Crippen LogP contribution in [0.2, 0.25) is 5.02 Å². The number of amides is 1. The lowest BCUT2D eigenvalue weighted by atomic mass is 10.1. The number of hydrogen-bond donors (Lipinski definition) is 1. The second kappa shape index (κ2) is 7.40. The van der Waals surface area contributed by atoms with Gasteiger partial charge in [-0.3, -0.25) is 15.3 Å². The van der Waals surface area contributed by atoms with E-state index >= 15 is 0 Å². The van der Waals surface area contributed by atoms with Crippen LogP contribution in [0.1, 0.15) is 17.5 Å². The number of ether oxygens (including phenoxy) is 1. The van der Waals surface area contributed by atoms with Crippen molar-refractivity contribution in [2.75, 3.05) is 13.1 Å². The first kappa shape index (κ1) is 18.9. The number of hydrogen-bond acceptors (Lipinski definition) is 4. The molecule has 1 aromatic rings. The van der Waals surface area contributed by atoms with Crippen LogP contribution >= 0.6 is 27.5 Å². The lowest BCUT2D eigenvalue weighted by Gasteiger charge is -2.18. The molecule has 10 heteroatoms. The van der Waals surface area contributed by atoms with E-state index in [9.17, 15) is 18.0 Å². The number of nitrogens with zero attached hydrogens (tertiary/aromatic N) is 2. The van der Waals surface area contributed by atoms with E-state index in [1.54, 1.807) is 6.20 Å². The topological polar surface area (TPSA) is 44.8 Å². The quantitative estimate of drug-likeness (QED) is 0.666. The number of benzene rings is 1. The molecule has 0 saturated carbocycles. The van der Waals surface area contributed by atoms with Crippen molar-refractivity contribution in [2.45, 2.75) is 19.2 Å². The van der Waals surface area contributed by atoms with Gasteiger partial charge in [0.25, 0.3) is 0 Å². The van der Waals surface area contributed by atoms with Gasteiger partial charge in [0, 0.05) is 24.3 Å². The summed E-state index contributed by atoms with van der Waals surface area (Å²) in [6.07, 6.45) is -0.999. The smallest absolute Gasteiger partial charge is 0.416 e. The average molecular weight is 453 g/mol. The van der Waals surface area contributed by atoms with Crippen molar-refractivity contribution < 1.29 is 22.7 Å². The molecular formula is C16H14BrClF3N3O2. The van der Waals surface area contributed by atoms with Crippen LogP contribution in [0, 0.1) is 0 Å². The van der Waals surface area contributed by atoms with E-state index in [1.165, 1.54) is 11.0 Å². The second-order valence-electron chi connectivity index (χ2n) is 5.76.